The Bertz CT molecular complexity index is 989. The highest BCUT2D eigenvalue weighted by Crippen LogP contribution is 2.69. The lowest BCUT2D eigenvalue weighted by Crippen LogP contribution is -2.55. The third-order valence-corrected chi connectivity index (χ3v) is 13.8. The van der Waals surface area contributed by atoms with E-state index in [4.69, 9.17) is 12.2 Å². The molecule has 10 unspecified atom stereocenters. The van der Waals surface area contributed by atoms with Crippen LogP contribution in [-0.4, -0.2) is 23.0 Å². The molecule has 1 saturated heterocycles. The summed E-state index contributed by atoms with van der Waals surface area (Å²) in [5, 5.41) is 10.4. The minimum absolute atomic E-state index is 0.298. The fraction of sp³-hybridized carbons (Fsp3) is 0.861. The molecule has 216 valence electrons. The second-order valence-electron chi connectivity index (χ2n) is 15.1. The summed E-state index contributed by atoms with van der Waals surface area (Å²) in [4.78, 5) is 3.72. The third-order valence-electron chi connectivity index (χ3n) is 13.4. The topological polar surface area (TPSA) is 27.0 Å². The van der Waals surface area contributed by atoms with Crippen molar-refractivity contribution < 1.29 is 0 Å². The first kappa shape index (κ1) is 29.4. The van der Waals surface area contributed by atoms with Gasteiger partial charge in [0.05, 0.1) is 11.1 Å². The predicted octanol–water partition coefficient (Wildman–Crippen LogP) is 9.75. The lowest BCUT2D eigenvalue weighted by molar-refractivity contribution is -0.130. The van der Waals surface area contributed by atoms with Crippen LogP contribution in [0, 0.1) is 69.5 Å². The maximum Gasteiger partial charge on any atom is 0.0779 e. The summed E-state index contributed by atoms with van der Waals surface area (Å²) in [6, 6.07) is 2.89. The fourth-order valence-electron chi connectivity index (χ4n) is 11.3. The van der Waals surface area contributed by atoms with Crippen molar-refractivity contribution in [2.24, 2.45) is 58.2 Å². The van der Waals surface area contributed by atoms with E-state index in [1.54, 1.807) is 0 Å². The number of nitriles is 1. The molecule has 0 amide bonds. The first-order valence-corrected chi connectivity index (χ1v) is 17.2. The van der Waals surface area contributed by atoms with Gasteiger partial charge in [-0.3, -0.25) is 0 Å². The molecule has 0 aromatic carbocycles. The summed E-state index contributed by atoms with van der Waals surface area (Å²) in [6.07, 6.45) is 19.4. The van der Waals surface area contributed by atoms with Crippen LogP contribution in [-0.2, 0) is 0 Å². The minimum Gasteiger partial charge on any atom is -0.366 e. The molecule has 0 bridgehead atoms. The zero-order chi connectivity index (χ0) is 27.8. The lowest BCUT2D eigenvalue weighted by Gasteiger charge is -2.62. The number of nitrogens with zero attached hydrogens (tertiary/aromatic N) is 2. The van der Waals surface area contributed by atoms with Crippen LogP contribution in [0.4, 0.5) is 0 Å². The van der Waals surface area contributed by atoms with Crippen LogP contribution in [0.5, 0.6) is 0 Å². The van der Waals surface area contributed by atoms with Gasteiger partial charge in [-0.1, -0.05) is 65.8 Å². The van der Waals surface area contributed by atoms with E-state index in [1.807, 2.05) is 0 Å². The van der Waals surface area contributed by atoms with Crippen molar-refractivity contribution in [3.8, 4) is 6.07 Å². The number of fused-ring (bicyclic) bond motifs is 5. The van der Waals surface area contributed by atoms with Gasteiger partial charge in [-0.15, -0.1) is 5.73 Å². The summed E-state index contributed by atoms with van der Waals surface area (Å²) < 4.78 is 0. The van der Waals surface area contributed by atoms with Crippen LogP contribution in [0.3, 0.4) is 0 Å². The Balaban J connectivity index is 1.22. The van der Waals surface area contributed by atoms with Crippen molar-refractivity contribution >= 4 is 17.2 Å². The maximum atomic E-state index is 10.4. The molecule has 10 atom stereocenters. The van der Waals surface area contributed by atoms with Crippen LogP contribution in [0.2, 0.25) is 0 Å². The van der Waals surface area contributed by atoms with Gasteiger partial charge >= 0.3 is 0 Å². The van der Waals surface area contributed by atoms with Crippen molar-refractivity contribution in [1.82, 2.24) is 4.90 Å². The largest absolute Gasteiger partial charge is 0.366 e. The second-order valence-corrected chi connectivity index (χ2v) is 15.6. The molecule has 1 heterocycles. The van der Waals surface area contributed by atoms with E-state index in [0.717, 1.165) is 49.6 Å². The zero-order valence-corrected chi connectivity index (χ0v) is 26.5. The van der Waals surface area contributed by atoms with Gasteiger partial charge in [0.15, 0.2) is 0 Å². The molecule has 2 nitrogen and oxygen atoms in total. The Morgan fingerprint density at radius 1 is 1.03 bits per heavy atom. The van der Waals surface area contributed by atoms with Gasteiger partial charge in [-0.25, -0.2) is 0 Å². The number of thiocarbonyl (C=S) groups is 1. The van der Waals surface area contributed by atoms with E-state index in [2.05, 4.69) is 51.0 Å². The first-order valence-electron chi connectivity index (χ1n) is 16.8. The van der Waals surface area contributed by atoms with Gasteiger partial charge in [0, 0.05) is 24.9 Å². The molecule has 5 aliphatic rings. The summed E-state index contributed by atoms with van der Waals surface area (Å²) in [7, 11) is 0. The van der Waals surface area contributed by atoms with E-state index >= 15 is 0 Å². The molecule has 0 radical (unpaired) electrons. The van der Waals surface area contributed by atoms with E-state index in [9.17, 15) is 5.26 Å². The number of piperidine rings is 1. The quantitative estimate of drug-likeness (QED) is 0.234. The number of hydrogen-bond acceptors (Lipinski definition) is 2. The summed E-state index contributed by atoms with van der Waals surface area (Å²) in [6.45, 7) is 16.3. The molecule has 4 aliphatic carbocycles. The van der Waals surface area contributed by atoms with Crippen LogP contribution in [0.25, 0.3) is 0 Å². The normalized spacial score (nSPS) is 42.3. The van der Waals surface area contributed by atoms with Gasteiger partial charge in [0.2, 0.25) is 0 Å². The molecular formula is C36H56N2S. The highest BCUT2D eigenvalue weighted by atomic mass is 32.1. The Labute approximate surface area is 246 Å². The third kappa shape index (κ3) is 5.32. The minimum atomic E-state index is 0.298. The Morgan fingerprint density at radius 2 is 1.82 bits per heavy atom. The van der Waals surface area contributed by atoms with Gasteiger partial charge in [0.25, 0.3) is 0 Å². The molecule has 5 rings (SSSR count). The smallest absolute Gasteiger partial charge is 0.0779 e. The maximum absolute atomic E-state index is 10.4. The molecular weight excluding hydrogens is 492 g/mol. The average molecular weight is 549 g/mol. The summed E-state index contributed by atoms with van der Waals surface area (Å²) in [5.41, 5.74) is 5.60. The SMILES string of the molecule is C=C=C(CCC)C1CCCN(C(=S)CCC(C)C2CCC3C4C(C#N)CC5CCCCC5(C)C4CCC23C)C1. The molecule has 39 heavy (non-hydrogen) atoms. The fourth-order valence-corrected chi connectivity index (χ4v) is 11.6. The van der Waals surface area contributed by atoms with Crippen LogP contribution < -0.4 is 0 Å². The van der Waals surface area contributed by atoms with Crippen LogP contribution in [0.15, 0.2) is 17.9 Å². The zero-order valence-electron chi connectivity index (χ0n) is 25.6. The lowest BCUT2D eigenvalue weighted by atomic mass is 9.42. The Hall–Kier alpha value is -1.10. The average Bonchev–Trinajstić information content (AvgIpc) is 3.31. The molecule has 4 saturated carbocycles. The highest BCUT2D eigenvalue weighted by Gasteiger charge is 2.62. The Morgan fingerprint density at radius 3 is 2.56 bits per heavy atom. The molecule has 0 N–H and O–H groups in total. The van der Waals surface area contributed by atoms with E-state index in [0.29, 0.717) is 34.5 Å². The van der Waals surface area contributed by atoms with E-state index < -0.39 is 0 Å². The molecule has 3 heteroatoms. The van der Waals surface area contributed by atoms with Crippen molar-refractivity contribution in [2.45, 2.75) is 124 Å². The number of likely N-dealkylation sites (tertiary alicyclic amines) is 1. The number of rotatable bonds is 7. The predicted molar refractivity (Wildman–Crippen MR) is 167 cm³/mol. The molecule has 0 aromatic rings. The number of hydrogen-bond donors (Lipinski definition) is 0. The molecule has 1 aliphatic heterocycles. The summed E-state index contributed by atoms with van der Waals surface area (Å²) >= 11 is 6.07. The van der Waals surface area contributed by atoms with Crippen molar-refractivity contribution in [3.05, 3.63) is 17.9 Å². The molecule has 5 fully saturated rings. The van der Waals surface area contributed by atoms with Crippen LogP contribution >= 0.6 is 12.2 Å². The molecule has 0 spiro atoms. The van der Waals surface area contributed by atoms with Gasteiger partial charge in [-0.05, 0) is 129 Å². The van der Waals surface area contributed by atoms with Crippen molar-refractivity contribution in [2.75, 3.05) is 13.1 Å². The van der Waals surface area contributed by atoms with Crippen LogP contribution in [0.1, 0.15) is 124 Å². The van der Waals surface area contributed by atoms with Crippen molar-refractivity contribution in [1.29, 1.82) is 5.26 Å². The van der Waals surface area contributed by atoms with E-state index in [-0.39, 0.29) is 0 Å². The second kappa shape index (κ2) is 12.0. The van der Waals surface area contributed by atoms with E-state index in [1.165, 1.54) is 94.0 Å². The Kier molecular flexibility index (Phi) is 9.06. The van der Waals surface area contributed by atoms with Gasteiger partial charge < -0.3 is 4.90 Å². The van der Waals surface area contributed by atoms with Gasteiger partial charge in [-0.2, -0.15) is 5.26 Å². The van der Waals surface area contributed by atoms with Gasteiger partial charge in [0.1, 0.15) is 0 Å². The molecule has 0 aromatic heterocycles. The standard InChI is InChI=1S/C36H56N2S/c1-6-11-26(7-2)27-12-10-21-38(24-27)33(39)17-14-25(3)30-15-16-31-34-28(23-37)22-29-13-8-9-19-35(29,4)32(34)18-20-36(30,31)5/h25,27-32,34H,2,6,8-22,24H2,1,3-5H3. The monoisotopic (exact) mass is 548 g/mol. The first-order chi connectivity index (χ1) is 18.8. The summed E-state index contributed by atoms with van der Waals surface area (Å²) in [5.74, 6) is 5.37. The highest BCUT2D eigenvalue weighted by molar-refractivity contribution is 7.80. The van der Waals surface area contributed by atoms with Crippen molar-refractivity contribution in [3.63, 3.8) is 0 Å².